The lowest BCUT2D eigenvalue weighted by Crippen LogP contribution is -2.28. The summed E-state index contributed by atoms with van der Waals surface area (Å²) in [5.41, 5.74) is 0.961. The molecule has 0 bridgehead atoms. The summed E-state index contributed by atoms with van der Waals surface area (Å²) < 4.78 is 5.47. The molecule has 104 valence electrons. The molecule has 5 nitrogen and oxygen atoms in total. The highest BCUT2D eigenvalue weighted by Crippen LogP contribution is 2.11. The SMILES string of the molecule is CC(C)CNCc1coc(N(C)CCN(C)C)n1. The second kappa shape index (κ2) is 7.38. The van der Waals surface area contributed by atoms with E-state index in [2.05, 4.69) is 43.1 Å². The van der Waals surface area contributed by atoms with E-state index in [0.29, 0.717) is 11.9 Å². The number of likely N-dealkylation sites (N-methyl/N-ethyl adjacent to an activating group) is 2. The van der Waals surface area contributed by atoms with Crippen molar-refractivity contribution in [3.63, 3.8) is 0 Å². The lowest BCUT2D eigenvalue weighted by Gasteiger charge is -2.17. The van der Waals surface area contributed by atoms with E-state index in [4.69, 9.17) is 4.42 Å². The van der Waals surface area contributed by atoms with Gasteiger partial charge in [0.2, 0.25) is 0 Å². The summed E-state index contributed by atoms with van der Waals surface area (Å²) in [6.07, 6.45) is 1.73. The molecule has 0 spiro atoms. The highest BCUT2D eigenvalue weighted by molar-refractivity contribution is 5.25. The molecular formula is C13H26N4O. The zero-order valence-electron chi connectivity index (χ0n) is 12.2. The molecule has 18 heavy (non-hydrogen) atoms. The maximum atomic E-state index is 5.47. The van der Waals surface area contributed by atoms with Gasteiger partial charge >= 0.3 is 0 Å². The fourth-order valence-electron chi connectivity index (χ4n) is 1.49. The molecule has 1 aromatic rings. The first-order valence-electron chi connectivity index (χ1n) is 6.50. The molecule has 1 rings (SSSR count). The first-order chi connectivity index (χ1) is 8.49. The predicted molar refractivity (Wildman–Crippen MR) is 74.9 cm³/mol. The lowest BCUT2D eigenvalue weighted by molar-refractivity contribution is 0.410. The minimum absolute atomic E-state index is 0.652. The molecule has 0 saturated carbocycles. The minimum Gasteiger partial charge on any atom is -0.432 e. The van der Waals surface area contributed by atoms with E-state index < -0.39 is 0 Å². The van der Waals surface area contributed by atoms with Crippen molar-refractivity contribution in [3.05, 3.63) is 12.0 Å². The molecule has 0 aliphatic heterocycles. The maximum Gasteiger partial charge on any atom is 0.297 e. The molecule has 5 heteroatoms. The van der Waals surface area contributed by atoms with Gasteiger partial charge in [0.15, 0.2) is 0 Å². The van der Waals surface area contributed by atoms with E-state index in [1.165, 1.54) is 0 Å². The van der Waals surface area contributed by atoms with Gasteiger partial charge in [-0.05, 0) is 26.6 Å². The Balaban J connectivity index is 2.37. The first-order valence-corrected chi connectivity index (χ1v) is 6.50. The quantitative estimate of drug-likeness (QED) is 0.760. The average molecular weight is 254 g/mol. The van der Waals surface area contributed by atoms with E-state index in [9.17, 15) is 0 Å². The van der Waals surface area contributed by atoms with Gasteiger partial charge in [-0.1, -0.05) is 13.8 Å². The van der Waals surface area contributed by atoms with E-state index >= 15 is 0 Å². The van der Waals surface area contributed by atoms with E-state index in [1.807, 2.05) is 11.9 Å². The Kier molecular flexibility index (Phi) is 6.15. The van der Waals surface area contributed by atoms with Gasteiger partial charge in [0.25, 0.3) is 6.01 Å². The van der Waals surface area contributed by atoms with Crippen molar-refractivity contribution >= 4 is 6.01 Å². The van der Waals surface area contributed by atoms with Crippen molar-refractivity contribution in [1.82, 2.24) is 15.2 Å². The Hall–Kier alpha value is -1.07. The molecule has 0 aliphatic carbocycles. The van der Waals surface area contributed by atoms with Crippen LogP contribution in [0, 0.1) is 5.92 Å². The zero-order chi connectivity index (χ0) is 13.5. The van der Waals surface area contributed by atoms with Crippen LogP contribution in [0.5, 0.6) is 0 Å². The summed E-state index contributed by atoms with van der Waals surface area (Å²) in [6, 6.07) is 0.693. The highest BCUT2D eigenvalue weighted by atomic mass is 16.4. The largest absolute Gasteiger partial charge is 0.432 e. The molecule has 0 radical (unpaired) electrons. The van der Waals surface area contributed by atoms with Crippen LogP contribution in [0.25, 0.3) is 0 Å². The van der Waals surface area contributed by atoms with E-state index in [-0.39, 0.29) is 0 Å². The van der Waals surface area contributed by atoms with E-state index in [1.54, 1.807) is 6.26 Å². The number of oxazole rings is 1. The minimum atomic E-state index is 0.652. The fraction of sp³-hybridized carbons (Fsp3) is 0.769. The smallest absolute Gasteiger partial charge is 0.297 e. The van der Waals surface area contributed by atoms with Crippen LogP contribution in [0.1, 0.15) is 19.5 Å². The molecule has 0 atom stereocenters. The summed E-state index contributed by atoms with van der Waals surface area (Å²) in [5, 5.41) is 3.35. The highest BCUT2D eigenvalue weighted by Gasteiger charge is 2.09. The molecular weight excluding hydrogens is 228 g/mol. The van der Waals surface area contributed by atoms with Gasteiger partial charge < -0.3 is 19.5 Å². The van der Waals surface area contributed by atoms with Crippen molar-refractivity contribution in [3.8, 4) is 0 Å². The molecule has 1 N–H and O–H groups in total. The molecule has 1 heterocycles. The van der Waals surface area contributed by atoms with Crippen LogP contribution in [0.15, 0.2) is 10.7 Å². The van der Waals surface area contributed by atoms with Crippen molar-refractivity contribution < 1.29 is 4.42 Å². The van der Waals surface area contributed by atoms with Crippen molar-refractivity contribution in [2.24, 2.45) is 5.92 Å². The number of hydrogen-bond acceptors (Lipinski definition) is 5. The average Bonchev–Trinajstić information content (AvgIpc) is 2.74. The third-order valence-corrected chi connectivity index (χ3v) is 2.61. The Morgan fingerprint density at radius 1 is 1.28 bits per heavy atom. The van der Waals surface area contributed by atoms with Gasteiger partial charge in [-0.3, -0.25) is 0 Å². The Morgan fingerprint density at radius 2 is 2.00 bits per heavy atom. The lowest BCUT2D eigenvalue weighted by atomic mass is 10.2. The molecule has 0 amide bonds. The van der Waals surface area contributed by atoms with Gasteiger partial charge in [-0.15, -0.1) is 0 Å². The van der Waals surface area contributed by atoms with Crippen LogP contribution in [-0.4, -0.2) is 50.7 Å². The number of aromatic nitrogens is 1. The van der Waals surface area contributed by atoms with Gasteiger partial charge in [-0.25, -0.2) is 0 Å². The molecule has 0 saturated heterocycles. The van der Waals surface area contributed by atoms with Gasteiger partial charge in [0.1, 0.15) is 6.26 Å². The number of nitrogens with zero attached hydrogens (tertiary/aromatic N) is 3. The molecule has 0 unspecified atom stereocenters. The summed E-state index contributed by atoms with van der Waals surface area (Å²) in [5.74, 6) is 0.652. The third-order valence-electron chi connectivity index (χ3n) is 2.61. The topological polar surface area (TPSA) is 44.5 Å². The second-order valence-corrected chi connectivity index (χ2v) is 5.37. The Morgan fingerprint density at radius 3 is 2.61 bits per heavy atom. The number of rotatable bonds is 8. The summed E-state index contributed by atoms with van der Waals surface area (Å²) in [6.45, 7) is 8.04. The van der Waals surface area contributed by atoms with Gasteiger partial charge in [0, 0.05) is 26.7 Å². The number of nitrogens with one attached hydrogen (secondary N) is 1. The summed E-state index contributed by atoms with van der Waals surface area (Å²) >= 11 is 0. The van der Waals surface area contributed by atoms with E-state index in [0.717, 1.165) is 31.9 Å². The third kappa shape index (κ3) is 5.51. The Bertz CT molecular complexity index is 335. The van der Waals surface area contributed by atoms with Gasteiger partial charge in [-0.2, -0.15) is 4.98 Å². The molecule has 0 aromatic carbocycles. The number of hydrogen-bond donors (Lipinski definition) is 1. The van der Waals surface area contributed by atoms with Crippen molar-refractivity contribution in [1.29, 1.82) is 0 Å². The molecule has 1 aromatic heterocycles. The summed E-state index contributed by atoms with van der Waals surface area (Å²) in [7, 11) is 6.12. The standard InChI is InChI=1S/C13H26N4O/c1-11(2)8-14-9-12-10-18-13(15-12)17(5)7-6-16(3)4/h10-11,14H,6-9H2,1-5H3. The normalized spacial score (nSPS) is 11.5. The predicted octanol–water partition coefficient (Wildman–Crippen LogP) is 1.42. The molecule has 0 fully saturated rings. The number of anilines is 1. The summed E-state index contributed by atoms with van der Waals surface area (Å²) in [4.78, 5) is 8.64. The zero-order valence-corrected chi connectivity index (χ0v) is 12.2. The molecule has 0 aliphatic rings. The fourth-order valence-corrected chi connectivity index (χ4v) is 1.49. The maximum absolute atomic E-state index is 5.47. The van der Waals surface area contributed by atoms with Gasteiger partial charge in [0.05, 0.1) is 5.69 Å². The van der Waals surface area contributed by atoms with Crippen LogP contribution in [0.4, 0.5) is 6.01 Å². The second-order valence-electron chi connectivity index (χ2n) is 5.37. The van der Waals surface area contributed by atoms with Crippen LogP contribution < -0.4 is 10.2 Å². The Labute approximate surface area is 110 Å². The van der Waals surface area contributed by atoms with Crippen LogP contribution in [0.2, 0.25) is 0 Å². The van der Waals surface area contributed by atoms with Crippen molar-refractivity contribution in [2.75, 3.05) is 45.7 Å². The van der Waals surface area contributed by atoms with Crippen LogP contribution in [0.3, 0.4) is 0 Å². The van der Waals surface area contributed by atoms with Crippen molar-refractivity contribution in [2.45, 2.75) is 20.4 Å². The van der Waals surface area contributed by atoms with Crippen LogP contribution in [-0.2, 0) is 6.54 Å². The monoisotopic (exact) mass is 254 g/mol. The van der Waals surface area contributed by atoms with Crippen LogP contribution >= 0.6 is 0 Å². The first kappa shape index (κ1) is 15.0.